The summed E-state index contributed by atoms with van der Waals surface area (Å²) in [5.41, 5.74) is 0.771. The normalized spacial score (nSPS) is 15.5. The van der Waals surface area contributed by atoms with Crippen molar-refractivity contribution in [2.45, 2.75) is 45.1 Å². The summed E-state index contributed by atoms with van der Waals surface area (Å²) < 4.78 is 11.7. The fourth-order valence-electron chi connectivity index (χ4n) is 2.41. The smallest absolute Gasteiger partial charge is 0.328 e. The first-order valence-electron chi connectivity index (χ1n) is 7.53. The van der Waals surface area contributed by atoms with Crippen molar-refractivity contribution in [3.05, 3.63) is 29.8 Å². The Balaban J connectivity index is 2.18. The molecule has 0 unspecified atom stereocenters. The van der Waals surface area contributed by atoms with E-state index in [1.54, 1.807) is 6.08 Å². The highest BCUT2D eigenvalue weighted by molar-refractivity contribution is 5.86. The third-order valence-corrected chi connectivity index (χ3v) is 3.46. The second kappa shape index (κ2) is 7.72. The van der Waals surface area contributed by atoms with Crippen LogP contribution in [0.25, 0.3) is 6.08 Å². The van der Waals surface area contributed by atoms with Crippen molar-refractivity contribution < 1.29 is 19.4 Å². The van der Waals surface area contributed by atoms with Crippen LogP contribution in [0.4, 0.5) is 0 Å². The largest absolute Gasteiger partial charge is 0.493 e. The van der Waals surface area contributed by atoms with Gasteiger partial charge in [-0.05, 0) is 50.3 Å². The van der Waals surface area contributed by atoms with Gasteiger partial charge in [0, 0.05) is 17.7 Å². The Kier molecular flexibility index (Phi) is 5.67. The minimum Gasteiger partial charge on any atom is -0.493 e. The first-order valence-corrected chi connectivity index (χ1v) is 7.53. The fourth-order valence-corrected chi connectivity index (χ4v) is 2.41. The van der Waals surface area contributed by atoms with E-state index >= 15 is 0 Å². The zero-order chi connectivity index (χ0) is 15.1. The lowest BCUT2D eigenvalue weighted by Crippen LogP contribution is -2.11. The standard InChI is InChI=1S/C17H22O4/c1-2-11-20-15-9-7-13(8-10-17(18)19)16(12-15)21-14-5-3-4-6-14/h7-10,12,14H,2-6,11H2,1H3,(H,18,19)/b10-8+. The molecule has 114 valence electrons. The van der Waals surface area contributed by atoms with Gasteiger partial charge in [-0.15, -0.1) is 0 Å². The van der Waals surface area contributed by atoms with Crippen LogP contribution >= 0.6 is 0 Å². The van der Waals surface area contributed by atoms with Crippen molar-refractivity contribution in [3.63, 3.8) is 0 Å². The second-order valence-corrected chi connectivity index (χ2v) is 5.24. The molecule has 2 rings (SSSR count). The molecule has 1 aromatic rings. The van der Waals surface area contributed by atoms with E-state index in [0.29, 0.717) is 12.4 Å². The number of carboxylic acid groups (broad SMARTS) is 1. The molecule has 0 saturated heterocycles. The van der Waals surface area contributed by atoms with E-state index in [4.69, 9.17) is 14.6 Å². The summed E-state index contributed by atoms with van der Waals surface area (Å²) in [7, 11) is 0. The SMILES string of the molecule is CCCOc1ccc(/C=C/C(=O)O)c(OC2CCCC2)c1. The summed E-state index contributed by atoms with van der Waals surface area (Å²) in [6.07, 6.45) is 8.36. The molecular formula is C17H22O4. The van der Waals surface area contributed by atoms with Crippen LogP contribution in [0, 0.1) is 0 Å². The third-order valence-electron chi connectivity index (χ3n) is 3.46. The van der Waals surface area contributed by atoms with Crippen molar-refractivity contribution in [2.75, 3.05) is 6.61 Å². The molecule has 0 bridgehead atoms. The molecule has 1 saturated carbocycles. The number of ether oxygens (including phenoxy) is 2. The minimum atomic E-state index is -0.965. The Labute approximate surface area is 125 Å². The zero-order valence-corrected chi connectivity index (χ0v) is 12.4. The molecule has 1 fully saturated rings. The molecule has 0 aromatic heterocycles. The highest BCUT2D eigenvalue weighted by atomic mass is 16.5. The highest BCUT2D eigenvalue weighted by Gasteiger charge is 2.18. The molecule has 1 N–H and O–H groups in total. The summed E-state index contributed by atoms with van der Waals surface area (Å²) in [6.45, 7) is 2.72. The summed E-state index contributed by atoms with van der Waals surface area (Å²) in [6, 6.07) is 5.54. The van der Waals surface area contributed by atoms with E-state index in [9.17, 15) is 4.79 Å². The second-order valence-electron chi connectivity index (χ2n) is 5.24. The number of aliphatic carboxylic acids is 1. The van der Waals surface area contributed by atoms with Crippen LogP contribution in [0.1, 0.15) is 44.6 Å². The molecule has 1 aromatic carbocycles. The lowest BCUT2D eigenvalue weighted by atomic mass is 10.1. The van der Waals surface area contributed by atoms with Crippen LogP contribution in [0.3, 0.4) is 0 Å². The van der Waals surface area contributed by atoms with Gasteiger partial charge in [-0.1, -0.05) is 6.92 Å². The summed E-state index contributed by atoms with van der Waals surface area (Å²) >= 11 is 0. The van der Waals surface area contributed by atoms with Crippen LogP contribution in [0.2, 0.25) is 0 Å². The van der Waals surface area contributed by atoms with E-state index < -0.39 is 5.97 Å². The van der Waals surface area contributed by atoms with E-state index in [2.05, 4.69) is 6.92 Å². The first kappa shape index (κ1) is 15.4. The Morgan fingerprint density at radius 3 is 2.81 bits per heavy atom. The maximum Gasteiger partial charge on any atom is 0.328 e. The molecule has 4 nitrogen and oxygen atoms in total. The van der Waals surface area contributed by atoms with Crippen molar-refractivity contribution >= 4 is 12.0 Å². The van der Waals surface area contributed by atoms with Gasteiger partial charge in [0.1, 0.15) is 11.5 Å². The van der Waals surface area contributed by atoms with E-state index in [1.165, 1.54) is 12.8 Å². The number of rotatable bonds is 7. The average Bonchev–Trinajstić information content (AvgIpc) is 2.97. The maximum atomic E-state index is 10.7. The molecule has 0 spiro atoms. The monoisotopic (exact) mass is 290 g/mol. The van der Waals surface area contributed by atoms with Gasteiger partial charge in [-0.25, -0.2) is 4.79 Å². The van der Waals surface area contributed by atoms with Gasteiger partial charge in [-0.3, -0.25) is 0 Å². The van der Waals surface area contributed by atoms with Crippen LogP contribution in [-0.2, 0) is 4.79 Å². The molecule has 0 amide bonds. The summed E-state index contributed by atoms with van der Waals surface area (Å²) in [5, 5.41) is 8.77. The molecule has 1 aliphatic rings. The molecule has 0 atom stereocenters. The number of hydrogen-bond donors (Lipinski definition) is 1. The average molecular weight is 290 g/mol. The lowest BCUT2D eigenvalue weighted by Gasteiger charge is -2.16. The minimum absolute atomic E-state index is 0.225. The molecule has 0 radical (unpaired) electrons. The van der Waals surface area contributed by atoms with Crippen LogP contribution in [0.5, 0.6) is 11.5 Å². The number of carbonyl (C=O) groups is 1. The van der Waals surface area contributed by atoms with Crippen molar-refractivity contribution in [1.29, 1.82) is 0 Å². The maximum absolute atomic E-state index is 10.7. The van der Waals surface area contributed by atoms with Gasteiger partial charge < -0.3 is 14.6 Å². The van der Waals surface area contributed by atoms with Gasteiger partial charge >= 0.3 is 5.97 Å². The van der Waals surface area contributed by atoms with Gasteiger partial charge in [0.25, 0.3) is 0 Å². The van der Waals surface area contributed by atoms with Gasteiger partial charge in [0.05, 0.1) is 12.7 Å². The summed E-state index contributed by atoms with van der Waals surface area (Å²) in [4.78, 5) is 10.7. The van der Waals surface area contributed by atoms with Crippen LogP contribution in [-0.4, -0.2) is 23.8 Å². The van der Waals surface area contributed by atoms with E-state index in [1.807, 2.05) is 18.2 Å². The number of hydrogen-bond acceptors (Lipinski definition) is 3. The molecule has 1 aliphatic carbocycles. The van der Waals surface area contributed by atoms with Crippen LogP contribution < -0.4 is 9.47 Å². The lowest BCUT2D eigenvalue weighted by molar-refractivity contribution is -0.131. The van der Waals surface area contributed by atoms with Gasteiger partial charge in [0.2, 0.25) is 0 Å². The Morgan fingerprint density at radius 1 is 1.38 bits per heavy atom. The quantitative estimate of drug-likeness (QED) is 0.774. The summed E-state index contributed by atoms with van der Waals surface area (Å²) in [5.74, 6) is 0.499. The topological polar surface area (TPSA) is 55.8 Å². The molecule has 0 aliphatic heterocycles. The highest BCUT2D eigenvalue weighted by Crippen LogP contribution is 2.30. The number of benzene rings is 1. The Hall–Kier alpha value is -1.97. The molecule has 0 heterocycles. The number of carboxylic acids is 1. The third kappa shape index (κ3) is 4.81. The predicted octanol–water partition coefficient (Wildman–Crippen LogP) is 3.89. The molecular weight excluding hydrogens is 268 g/mol. The van der Waals surface area contributed by atoms with Crippen molar-refractivity contribution in [1.82, 2.24) is 0 Å². The van der Waals surface area contributed by atoms with Crippen molar-refractivity contribution in [3.8, 4) is 11.5 Å². The molecule has 4 heteroatoms. The first-order chi connectivity index (χ1) is 10.2. The fraction of sp³-hybridized carbons (Fsp3) is 0.471. The Bertz CT molecular complexity index is 502. The van der Waals surface area contributed by atoms with Crippen molar-refractivity contribution in [2.24, 2.45) is 0 Å². The van der Waals surface area contributed by atoms with E-state index in [-0.39, 0.29) is 6.10 Å². The van der Waals surface area contributed by atoms with Gasteiger partial charge in [-0.2, -0.15) is 0 Å². The van der Waals surface area contributed by atoms with Gasteiger partial charge in [0.15, 0.2) is 0 Å². The van der Waals surface area contributed by atoms with E-state index in [0.717, 1.165) is 36.7 Å². The van der Waals surface area contributed by atoms with Crippen LogP contribution in [0.15, 0.2) is 24.3 Å². The molecule has 21 heavy (non-hydrogen) atoms. The predicted molar refractivity (Wildman–Crippen MR) is 81.8 cm³/mol. The Morgan fingerprint density at radius 2 is 2.14 bits per heavy atom. The zero-order valence-electron chi connectivity index (χ0n) is 12.4.